The summed E-state index contributed by atoms with van der Waals surface area (Å²) in [5, 5.41) is 3.39. The fourth-order valence-corrected chi connectivity index (χ4v) is 2.19. The molecular formula is C18H21NO2. The standard InChI is InChI=1S/C18H21NO2/c1-3-14-8-10-17(11-9-14)19-13-16-7-5-4-6-15(16)12-18(20)21-2/h4-11,19H,3,12-13H2,1-2H3. The van der Waals surface area contributed by atoms with Gasteiger partial charge < -0.3 is 10.1 Å². The molecule has 0 unspecified atom stereocenters. The van der Waals surface area contributed by atoms with Gasteiger partial charge in [-0.05, 0) is 35.2 Å². The Morgan fingerprint density at radius 3 is 2.33 bits per heavy atom. The van der Waals surface area contributed by atoms with Crippen molar-refractivity contribution in [3.63, 3.8) is 0 Å². The summed E-state index contributed by atoms with van der Waals surface area (Å²) in [6.45, 7) is 2.84. The Labute approximate surface area is 126 Å². The zero-order valence-electron chi connectivity index (χ0n) is 12.6. The Bertz CT molecular complexity index is 590. The normalized spacial score (nSPS) is 10.2. The van der Waals surface area contributed by atoms with E-state index in [0.717, 1.165) is 23.2 Å². The molecule has 0 radical (unpaired) electrons. The van der Waals surface area contributed by atoms with E-state index < -0.39 is 0 Å². The van der Waals surface area contributed by atoms with Crippen LogP contribution in [0.3, 0.4) is 0 Å². The highest BCUT2D eigenvalue weighted by Gasteiger charge is 2.07. The summed E-state index contributed by atoms with van der Waals surface area (Å²) in [7, 11) is 1.42. The van der Waals surface area contributed by atoms with Gasteiger partial charge >= 0.3 is 5.97 Å². The maximum atomic E-state index is 11.4. The lowest BCUT2D eigenvalue weighted by Crippen LogP contribution is -2.09. The van der Waals surface area contributed by atoms with E-state index in [0.29, 0.717) is 13.0 Å². The van der Waals surface area contributed by atoms with Crippen LogP contribution >= 0.6 is 0 Å². The van der Waals surface area contributed by atoms with Crippen molar-refractivity contribution in [1.82, 2.24) is 0 Å². The van der Waals surface area contributed by atoms with Crippen LogP contribution in [-0.2, 0) is 28.9 Å². The van der Waals surface area contributed by atoms with Crippen LogP contribution in [0.4, 0.5) is 5.69 Å². The second-order valence-corrected chi connectivity index (χ2v) is 4.93. The van der Waals surface area contributed by atoms with Gasteiger partial charge in [0.15, 0.2) is 0 Å². The maximum Gasteiger partial charge on any atom is 0.309 e. The van der Waals surface area contributed by atoms with E-state index in [1.165, 1.54) is 12.7 Å². The second-order valence-electron chi connectivity index (χ2n) is 4.93. The van der Waals surface area contributed by atoms with E-state index in [9.17, 15) is 4.79 Å². The first-order chi connectivity index (χ1) is 10.2. The smallest absolute Gasteiger partial charge is 0.309 e. The first-order valence-corrected chi connectivity index (χ1v) is 7.19. The Balaban J connectivity index is 2.03. The molecule has 0 aliphatic rings. The van der Waals surface area contributed by atoms with Crippen molar-refractivity contribution in [1.29, 1.82) is 0 Å². The Morgan fingerprint density at radius 2 is 1.71 bits per heavy atom. The molecule has 3 nitrogen and oxygen atoms in total. The van der Waals surface area contributed by atoms with E-state index in [1.807, 2.05) is 24.3 Å². The minimum absolute atomic E-state index is 0.213. The van der Waals surface area contributed by atoms with Crippen LogP contribution in [0.1, 0.15) is 23.6 Å². The SMILES string of the molecule is CCc1ccc(NCc2ccccc2CC(=O)OC)cc1. The van der Waals surface area contributed by atoms with Crippen LogP contribution in [0.15, 0.2) is 48.5 Å². The van der Waals surface area contributed by atoms with E-state index in [4.69, 9.17) is 4.74 Å². The number of rotatable bonds is 6. The van der Waals surface area contributed by atoms with E-state index in [-0.39, 0.29) is 5.97 Å². The van der Waals surface area contributed by atoms with Crippen molar-refractivity contribution in [2.75, 3.05) is 12.4 Å². The number of anilines is 1. The van der Waals surface area contributed by atoms with Gasteiger partial charge in [0.2, 0.25) is 0 Å². The van der Waals surface area contributed by atoms with Crippen molar-refractivity contribution in [2.24, 2.45) is 0 Å². The van der Waals surface area contributed by atoms with Crippen LogP contribution in [0, 0.1) is 0 Å². The highest BCUT2D eigenvalue weighted by molar-refractivity contribution is 5.72. The Kier molecular flexibility index (Phi) is 5.38. The van der Waals surface area contributed by atoms with Gasteiger partial charge in [0.05, 0.1) is 13.5 Å². The highest BCUT2D eigenvalue weighted by atomic mass is 16.5. The average Bonchev–Trinajstić information content (AvgIpc) is 2.54. The molecule has 0 heterocycles. The Hall–Kier alpha value is -2.29. The summed E-state index contributed by atoms with van der Waals surface area (Å²) < 4.78 is 4.74. The lowest BCUT2D eigenvalue weighted by molar-refractivity contribution is -0.139. The number of esters is 1. The molecule has 0 fully saturated rings. The van der Waals surface area contributed by atoms with E-state index in [1.54, 1.807) is 0 Å². The molecule has 2 aromatic carbocycles. The van der Waals surface area contributed by atoms with Crippen LogP contribution in [0.2, 0.25) is 0 Å². The molecule has 21 heavy (non-hydrogen) atoms. The number of ether oxygens (including phenoxy) is 1. The number of hydrogen-bond acceptors (Lipinski definition) is 3. The molecule has 0 bridgehead atoms. The van der Waals surface area contributed by atoms with E-state index >= 15 is 0 Å². The molecule has 3 heteroatoms. The van der Waals surface area contributed by atoms with Gasteiger partial charge in [-0.3, -0.25) is 4.79 Å². The lowest BCUT2D eigenvalue weighted by Gasteiger charge is -2.11. The van der Waals surface area contributed by atoms with Crippen molar-refractivity contribution in [3.8, 4) is 0 Å². The van der Waals surface area contributed by atoms with Crippen molar-refractivity contribution in [2.45, 2.75) is 26.3 Å². The average molecular weight is 283 g/mol. The molecule has 0 amide bonds. The molecule has 0 atom stereocenters. The number of carbonyl (C=O) groups is 1. The zero-order chi connectivity index (χ0) is 15.1. The minimum atomic E-state index is -0.213. The Morgan fingerprint density at radius 1 is 1.05 bits per heavy atom. The molecule has 0 spiro atoms. The number of methoxy groups -OCH3 is 1. The van der Waals surface area contributed by atoms with Crippen molar-refractivity contribution >= 4 is 11.7 Å². The summed E-state index contributed by atoms with van der Waals surface area (Å²) in [5.41, 5.74) is 4.52. The third-order valence-electron chi connectivity index (χ3n) is 3.53. The third-order valence-corrected chi connectivity index (χ3v) is 3.53. The fraction of sp³-hybridized carbons (Fsp3) is 0.278. The molecule has 0 aliphatic heterocycles. The molecule has 0 saturated carbocycles. The van der Waals surface area contributed by atoms with Crippen LogP contribution in [0.25, 0.3) is 0 Å². The van der Waals surface area contributed by atoms with Crippen LogP contribution in [0.5, 0.6) is 0 Å². The van der Waals surface area contributed by atoms with Crippen molar-refractivity contribution in [3.05, 3.63) is 65.2 Å². The largest absolute Gasteiger partial charge is 0.469 e. The summed E-state index contributed by atoms with van der Waals surface area (Å²) in [5.74, 6) is -0.213. The van der Waals surface area contributed by atoms with Gasteiger partial charge in [0.25, 0.3) is 0 Å². The first kappa shape index (κ1) is 15.1. The molecule has 0 aliphatic carbocycles. The quantitative estimate of drug-likeness (QED) is 0.824. The predicted molar refractivity (Wildman–Crippen MR) is 85.3 cm³/mol. The highest BCUT2D eigenvalue weighted by Crippen LogP contribution is 2.15. The number of nitrogens with one attached hydrogen (secondary N) is 1. The topological polar surface area (TPSA) is 38.3 Å². The van der Waals surface area contributed by atoms with Crippen molar-refractivity contribution < 1.29 is 9.53 Å². The van der Waals surface area contributed by atoms with Gasteiger partial charge in [0.1, 0.15) is 0 Å². The molecule has 0 saturated heterocycles. The fourth-order valence-electron chi connectivity index (χ4n) is 2.19. The van der Waals surface area contributed by atoms with Crippen LogP contribution < -0.4 is 5.32 Å². The molecule has 0 aromatic heterocycles. The predicted octanol–water partition coefficient (Wildman–Crippen LogP) is 3.58. The summed E-state index contributed by atoms with van der Waals surface area (Å²) in [6, 6.07) is 16.4. The van der Waals surface area contributed by atoms with Crippen LogP contribution in [-0.4, -0.2) is 13.1 Å². The molecule has 1 N–H and O–H groups in total. The van der Waals surface area contributed by atoms with Gasteiger partial charge in [0, 0.05) is 12.2 Å². The zero-order valence-corrected chi connectivity index (χ0v) is 12.6. The second kappa shape index (κ2) is 7.48. The molecule has 2 aromatic rings. The number of hydrogen-bond donors (Lipinski definition) is 1. The van der Waals surface area contributed by atoms with Gasteiger partial charge in [-0.25, -0.2) is 0 Å². The summed E-state index contributed by atoms with van der Waals surface area (Å²) in [6.07, 6.45) is 1.35. The molecule has 110 valence electrons. The molecule has 2 rings (SSSR count). The maximum absolute atomic E-state index is 11.4. The van der Waals surface area contributed by atoms with Gasteiger partial charge in [-0.2, -0.15) is 0 Å². The number of carbonyl (C=O) groups excluding carboxylic acids is 1. The summed E-state index contributed by atoms with van der Waals surface area (Å²) in [4.78, 5) is 11.4. The number of benzene rings is 2. The first-order valence-electron chi connectivity index (χ1n) is 7.19. The number of aryl methyl sites for hydroxylation is 1. The van der Waals surface area contributed by atoms with Gasteiger partial charge in [-0.15, -0.1) is 0 Å². The molecular weight excluding hydrogens is 262 g/mol. The van der Waals surface area contributed by atoms with E-state index in [2.05, 4.69) is 36.5 Å². The summed E-state index contributed by atoms with van der Waals surface area (Å²) >= 11 is 0. The minimum Gasteiger partial charge on any atom is -0.469 e. The monoisotopic (exact) mass is 283 g/mol. The third kappa shape index (κ3) is 4.35. The van der Waals surface area contributed by atoms with Gasteiger partial charge in [-0.1, -0.05) is 43.3 Å². The lowest BCUT2D eigenvalue weighted by atomic mass is 10.0.